The van der Waals surface area contributed by atoms with Crippen molar-refractivity contribution in [2.24, 2.45) is 0 Å². The van der Waals surface area contributed by atoms with E-state index < -0.39 is 0 Å². The van der Waals surface area contributed by atoms with Gasteiger partial charge in [0.15, 0.2) is 5.16 Å². The van der Waals surface area contributed by atoms with E-state index in [2.05, 4.69) is 28.3 Å². The van der Waals surface area contributed by atoms with Gasteiger partial charge in [-0.1, -0.05) is 36.9 Å². The standard InChI is InChI=1S/C15H19N3OS/c1-3-20-15-17-9-12(10-18-15)8-16-11-13-6-4-5-7-14(13)19-2/h4-7,9-10,16H,3,8,11H2,1-2H3. The molecule has 0 aliphatic carbocycles. The lowest BCUT2D eigenvalue weighted by Gasteiger charge is -2.09. The molecule has 1 aromatic heterocycles. The van der Waals surface area contributed by atoms with Crippen LogP contribution in [-0.4, -0.2) is 22.8 Å². The Hall–Kier alpha value is -1.59. The Balaban J connectivity index is 1.86. The third-order valence-corrected chi connectivity index (χ3v) is 3.55. The SMILES string of the molecule is CCSc1ncc(CNCc2ccccc2OC)cn1. The molecule has 106 valence electrons. The Bertz CT molecular complexity index is 531. The number of aromatic nitrogens is 2. The van der Waals surface area contributed by atoms with Crippen molar-refractivity contribution in [3.05, 3.63) is 47.8 Å². The first kappa shape index (κ1) is 14.8. The molecule has 5 heteroatoms. The summed E-state index contributed by atoms with van der Waals surface area (Å²) in [5.74, 6) is 1.90. The van der Waals surface area contributed by atoms with Gasteiger partial charge in [-0.15, -0.1) is 0 Å². The lowest BCUT2D eigenvalue weighted by Crippen LogP contribution is -2.13. The number of nitrogens with zero attached hydrogens (tertiary/aromatic N) is 2. The highest BCUT2D eigenvalue weighted by molar-refractivity contribution is 7.99. The van der Waals surface area contributed by atoms with Gasteiger partial charge < -0.3 is 10.1 Å². The minimum Gasteiger partial charge on any atom is -0.496 e. The summed E-state index contributed by atoms with van der Waals surface area (Å²) < 4.78 is 5.32. The smallest absolute Gasteiger partial charge is 0.187 e. The van der Waals surface area contributed by atoms with Crippen LogP contribution in [0.1, 0.15) is 18.1 Å². The van der Waals surface area contributed by atoms with Crippen LogP contribution < -0.4 is 10.1 Å². The van der Waals surface area contributed by atoms with Crippen molar-refractivity contribution in [3.63, 3.8) is 0 Å². The predicted molar refractivity (Wildman–Crippen MR) is 82.0 cm³/mol. The van der Waals surface area contributed by atoms with Crippen LogP contribution >= 0.6 is 11.8 Å². The summed E-state index contributed by atoms with van der Waals surface area (Å²) in [6, 6.07) is 8.01. The van der Waals surface area contributed by atoms with E-state index in [1.807, 2.05) is 30.6 Å². The van der Waals surface area contributed by atoms with Gasteiger partial charge in [0.05, 0.1) is 7.11 Å². The molecule has 1 heterocycles. The van der Waals surface area contributed by atoms with Crippen LogP contribution in [0.25, 0.3) is 0 Å². The largest absolute Gasteiger partial charge is 0.496 e. The molecule has 0 fully saturated rings. The maximum atomic E-state index is 5.32. The van der Waals surface area contributed by atoms with E-state index in [9.17, 15) is 0 Å². The fourth-order valence-electron chi connectivity index (χ4n) is 1.83. The molecule has 0 bridgehead atoms. The average Bonchev–Trinajstić information content (AvgIpc) is 2.50. The first-order chi connectivity index (χ1) is 9.83. The van der Waals surface area contributed by atoms with Crippen LogP contribution in [0.3, 0.4) is 0 Å². The second kappa shape index (κ2) is 7.87. The van der Waals surface area contributed by atoms with E-state index >= 15 is 0 Å². The molecule has 2 aromatic rings. The Morgan fingerprint density at radius 1 is 1.15 bits per heavy atom. The molecule has 4 nitrogen and oxygen atoms in total. The molecule has 0 radical (unpaired) electrons. The monoisotopic (exact) mass is 289 g/mol. The fourth-order valence-corrected chi connectivity index (χ4v) is 2.34. The highest BCUT2D eigenvalue weighted by Gasteiger charge is 2.02. The summed E-state index contributed by atoms with van der Waals surface area (Å²) in [5, 5.41) is 4.21. The van der Waals surface area contributed by atoms with Crippen LogP contribution in [0.15, 0.2) is 41.8 Å². The van der Waals surface area contributed by atoms with Crippen LogP contribution in [0.2, 0.25) is 0 Å². The van der Waals surface area contributed by atoms with E-state index in [0.717, 1.165) is 40.9 Å². The molecule has 1 N–H and O–H groups in total. The lowest BCUT2D eigenvalue weighted by atomic mass is 10.2. The summed E-state index contributed by atoms with van der Waals surface area (Å²) in [4.78, 5) is 8.63. The molecule has 0 spiro atoms. The van der Waals surface area contributed by atoms with E-state index in [1.165, 1.54) is 0 Å². The van der Waals surface area contributed by atoms with Gasteiger partial charge in [0.25, 0.3) is 0 Å². The van der Waals surface area contributed by atoms with Crippen molar-refractivity contribution in [1.82, 2.24) is 15.3 Å². The third-order valence-electron chi connectivity index (χ3n) is 2.79. The summed E-state index contributed by atoms with van der Waals surface area (Å²) in [5.41, 5.74) is 2.23. The quantitative estimate of drug-likeness (QED) is 0.627. The van der Waals surface area contributed by atoms with Gasteiger partial charge in [0.1, 0.15) is 5.75 Å². The molecule has 1 aromatic carbocycles. The Morgan fingerprint density at radius 3 is 2.60 bits per heavy atom. The molecule has 0 amide bonds. The Morgan fingerprint density at radius 2 is 1.90 bits per heavy atom. The van der Waals surface area contributed by atoms with Crippen molar-refractivity contribution in [1.29, 1.82) is 0 Å². The fraction of sp³-hybridized carbons (Fsp3) is 0.333. The van der Waals surface area contributed by atoms with Gasteiger partial charge in [-0.05, 0) is 11.8 Å². The van der Waals surface area contributed by atoms with Crippen LogP contribution in [0.5, 0.6) is 5.75 Å². The number of ether oxygens (including phenoxy) is 1. The molecule has 0 unspecified atom stereocenters. The molecule has 0 saturated carbocycles. The van der Waals surface area contributed by atoms with Crippen molar-refractivity contribution in [2.45, 2.75) is 25.2 Å². The zero-order valence-corrected chi connectivity index (χ0v) is 12.6. The molecular formula is C15H19N3OS. The van der Waals surface area contributed by atoms with Gasteiger partial charge in [0, 0.05) is 36.6 Å². The third kappa shape index (κ3) is 4.21. The second-order valence-corrected chi connectivity index (χ2v) is 5.45. The number of benzene rings is 1. The molecule has 0 aliphatic heterocycles. The number of nitrogens with one attached hydrogen (secondary N) is 1. The van der Waals surface area contributed by atoms with Gasteiger partial charge in [-0.2, -0.15) is 0 Å². The highest BCUT2D eigenvalue weighted by atomic mass is 32.2. The number of methoxy groups -OCH3 is 1. The number of hydrogen-bond acceptors (Lipinski definition) is 5. The summed E-state index contributed by atoms with van der Waals surface area (Å²) in [6.45, 7) is 3.60. The average molecular weight is 289 g/mol. The number of para-hydroxylation sites is 1. The van der Waals surface area contributed by atoms with E-state index in [4.69, 9.17) is 4.74 Å². The predicted octanol–water partition coefficient (Wildman–Crippen LogP) is 2.89. The van der Waals surface area contributed by atoms with Gasteiger partial charge in [-0.25, -0.2) is 9.97 Å². The van der Waals surface area contributed by atoms with E-state index in [-0.39, 0.29) is 0 Å². The zero-order valence-electron chi connectivity index (χ0n) is 11.8. The molecule has 20 heavy (non-hydrogen) atoms. The maximum absolute atomic E-state index is 5.32. The first-order valence-electron chi connectivity index (χ1n) is 6.59. The first-order valence-corrected chi connectivity index (χ1v) is 7.58. The molecule has 0 aliphatic rings. The minimum atomic E-state index is 0.745. The maximum Gasteiger partial charge on any atom is 0.187 e. The number of thioether (sulfide) groups is 1. The van der Waals surface area contributed by atoms with Crippen LogP contribution in [-0.2, 0) is 13.1 Å². The lowest BCUT2D eigenvalue weighted by molar-refractivity contribution is 0.407. The normalized spacial score (nSPS) is 10.5. The molecule has 2 rings (SSSR count). The second-order valence-electron chi connectivity index (χ2n) is 4.22. The van der Waals surface area contributed by atoms with Crippen LogP contribution in [0.4, 0.5) is 0 Å². The summed E-state index contributed by atoms with van der Waals surface area (Å²) >= 11 is 1.65. The number of hydrogen-bond donors (Lipinski definition) is 1. The van der Waals surface area contributed by atoms with Crippen molar-refractivity contribution < 1.29 is 4.74 Å². The van der Waals surface area contributed by atoms with E-state index in [0.29, 0.717) is 0 Å². The highest BCUT2D eigenvalue weighted by Crippen LogP contribution is 2.17. The van der Waals surface area contributed by atoms with Crippen molar-refractivity contribution >= 4 is 11.8 Å². The van der Waals surface area contributed by atoms with Gasteiger partial charge in [0.2, 0.25) is 0 Å². The summed E-state index contributed by atoms with van der Waals surface area (Å²) in [6.07, 6.45) is 3.75. The molecular weight excluding hydrogens is 270 g/mol. The van der Waals surface area contributed by atoms with Crippen molar-refractivity contribution in [3.8, 4) is 5.75 Å². The topological polar surface area (TPSA) is 47.0 Å². The Labute approximate surface area is 124 Å². The molecule has 0 saturated heterocycles. The van der Waals surface area contributed by atoms with Gasteiger partial charge >= 0.3 is 0 Å². The minimum absolute atomic E-state index is 0.745. The van der Waals surface area contributed by atoms with E-state index in [1.54, 1.807) is 18.9 Å². The Kier molecular flexibility index (Phi) is 5.83. The van der Waals surface area contributed by atoms with Crippen molar-refractivity contribution in [2.75, 3.05) is 12.9 Å². The van der Waals surface area contributed by atoms with Crippen LogP contribution in [0, 0.1) is 0 Å². The van der Waals surface area contributed by atoms with Gasteiger partial charge in [-0.3, -0.25) is 0 Å². The summed E-state index contributed by atoms with van der Waals surface area (Å²) in [7, 11) is 1.69. The zero-order chi connectivity index (χ0) is 14.2. The molecule has 0 atom stereocenters. The number of rotatable bonds is 7.